The van der Waals surface area contributed by atoms with Crippen LogP contribution < -0.4 is 23.6 Å². The first-order valence-corrected chi connectivity index (χ1v) is 4.60. The number of methoxy groups -OCH3 is 1. The fraction of sp³-hybridized carbons (Fsp3) is 0.0769. The molecule has 0 aromatic heterocycles. The molecule has 68 valence electrons. The second kappa shape index (κ2) is 3.77. The molecule has 3 rings (SSSR count). The molecule has 0 heterocycles. The van der Waals surface area contributed by atoms with Gasteiger partial charge in [0.1, 0.15) is 0 Å². The number of benzene rings is 2. The van der Waals surface area contributed by atoms with E-state index in [0.29, 0.717) is 0 Å². The average molecular weight is 188 g/mol. The number of fused-ring (bicyclic) bond motifs is 4. The van der Waals surface area contributed by atoms with Crippen LogP contribution >= 0.6 is 0 Å². The van der Waals surface area contributed by atoms with Gasteiger partial charge >= 0.3 is 18.9 Å². The maximum absolute atomic E-state index is 5.14. The largest absolute Gasteiger partial charge is 1.00 e. The van der Waals surface area contributed by atoms with Crippen molar-refractivity contribution in [1.29, 1.82) is 0 Å². The molecular weight excluding hydrogens is 179 g/mol. The second-order valence-corrected chi connectivity index (χ2v) is 3.36. The van der Waals surface area contributed by atoms with Gasteiger partial charge in [-0.1, -0.05) is 35.9 Å². The summed E-state index contributed by atoms with van der Waals surface area (Å²) < 4.78 is 5.14. The summed E-state index contributed by atoms with van der Waals surface area (Å²) in [7, 11) is 1.67. The molecular formula is C13H9LiO. The summed E-state index contributed by atoms with van der Waals surface area (Å²) in [6.45, 7) is 0. The average Bonchev–Trinajstić information content (AvgIpc) is 2.25. The van der Waals surface area contributed by atoms with E-state index in [1.807, 2.05) is 6.07 Å². The summed E-state index contributed by atoms with van der Waals surface area (Å²) in [4.78, 5) is 0. The molecule has 0 radical (unpaired) electrons. The Morgan fingerprint density at radius 1 is 0.933 bits per heavy atom. The molecule has 0 atom stereocenters. The van der Waals surface area contributed by atoms with E-state index in [9.17, 15) is 0 Å². The van der Waals surface area contributed by atoms with Crippen LogP contribution in [0.15, 0.2) is 36.4 Å². The summed E-state index contributed by atoms with van der Waals surface area (Å²) in [5.41, 5.74) is 5.06. The molecule has 0 aliphatic heterocycles. The van der Waals surface area contributed by atoms with Gasteiger partial charge in [0, 0.05) is 5.75 Å². The molecule has 0 N–H and O–H groups in total. The normalized spacial score (nSPS) is 10.5. The summed E-state index contributed by atoms with van der Waals surface area (Å²) in [5, 5.41) is 0. The minimum atomic E-state index is 0. The van der Waals surface area contributed by atoms with Crippen molar-refractivity contribution < 1.29 is 23.6 Å². The summed E-state index contributed by atoms with van der Waals surface area (Å²) in [6.07, 6.45) is 0. The topological polar surface area (TPSA) is 9.23 Å². The molecule has 0 spiro atoms. The van der Waals surface area contributed by atoms with Gasteiger partial charge in [-0.05, 0) is 0 Å². The van der Waals surface area contributed by atoms with Gasteiger partial charge in [0.15, 0.2) is 0 Å². The van der Waals surface area contributed by atoms with E-state index in [0.717, 1.165) is 5.75 Å². The summed E-state index contributed by atoms with van der Waals surface area (Å²) in [5.74, 6) is 0.804. The van der Waals surface area contributed by atoms with Crippen LogP contribution in [0, 0.1) is 6.07 Å². The van der Waals surface area contributed by atoms with Gasteiger partial charge in [0.05, 0.1) is 7.11 Å². The third kappa shape index (κ3) is 1.40. The molecule has 2 aromatic carbocycles. The van der Waals surface area contributed by atoms with Gasteiger partial charge in [-0.25, -0.2) is 0 Å². The van der Waals surface area contributed by atoms with Crippen LogP contribution in [0.4, 0.5) is 0 Å². The Bertz CT molecular complexity index is 506. The van der Waals surface area contributed by atoms with Crippen LogP contribution in [0.3, 0.4) is 0 Å². The Hall–Kier alpha value is -1.16. The minimum absolute atomic E-state index is 0. The van der Waals surface area contributed by atoms with E-state index in [2.05, 4.69) is 36.4 Å². The Labute approximate surface area is 101 Å². The molecule has 2 aromatic rings. The molecule has 1 aliphatic carbocycles. The Kier molecular flexibility index (Phi) is 2.60. The van der Waals surface area contributed by atoms with Crippen LogP contribution in [-0.2, 0) is 0 Å². The van der Waals surface area contributed by atoms with Crippen LogP contribution in [0.2, 0.25) is 0 Å². The summed E-state index contributed by atoms with van der Waals surface area (Å²) >= 11 is 0. The Balaban J connectivity index is 0.000000853. The van der Waals surface area contributed by atoms with Crippen molar-refractivity contribution in [2.75, 3.05) is 7.11 Å². The predicted octanol–water partition coefficient (Wildman–Crippen LogP) is 0.147. The van der Waals surface area contributed by atoms with Crippen molar-refractivity contribution in [1.82, 2.24) is 0 Å². The van der Waals surface area contributed by atoms with Gasteiger partial charge in [-0.3, -0.25) is 0 Å². The summed E-state index contributed by atoms with van der Waals surface area (Å²) in [6, 6.07) is 15.7. The number of rotatable bonds is 1. The Morgan fingerprint density at radius 3 is 2.40 bits per heavy atom. The van der Waals surface area contributed by atoms with Crippen molar-refractivity contribution in [3.63, 3.8) is 0 Å². The van der Waals surface area contributed by atoms with Crippen LogP contribution in [0.5, 0.6) is 5.75 Å². The molecule has 1 nitrogen and oxygen atoms in total. The second-order valence-electron chi connectivity index (χ2n) is 3.36. The van der Waals surface area contributed by atoms with Crippen LogP contribution in [-0.4, -0.2) is 7.11 Å². The monoisotopic (exact) mass is 188 g/mol. The maximum Gasteiger partial charge on any atom is 1.00 e. The van der Waals surface area contributed by atoms with Crippen molar-refractivity contribution in [2.45, 2.75) is 0 Å². The maximum atomic E-state index is 5.14. The van der Waals surface area contributed by atoms with Crippen LogP contribution in [0.25, 0.3) is 22.3 Å². The van der Waals surface area contributed by atoms with E-state index < -0.39 is 0 Å². The smallest absolute Gasteiger partial charge is 0.516 e. The van der Waals surface area contributed by atoms with Crippen molar-refractivity contribution in [3.05, 3.63) is 42.5 Å². The minimum Gasteiger partial charge on any atom is -0.516 e. The number of hydrogen-bond acceptors (Lipinski definition) is 1. The molecule has 0 bridgehead atoms. The molecule has 0 fully saturated rings. The van der Waals surface area contributed by atoms with E-state index in [4.69, 9.17) is 4.74 Å². The first-order chi connectivity index (χ1) is 6.90. The van der Waals surface area contributed by atoms with E-state index in [1.165, 1.54) is 22.3 Å². The first-order valence-electron chi connectivity index (χ1n) is 4.60. The molecule has 15 heavy (non-hydrogen) atoms. The van der Waals surface area contributed by atoms with E-state index in [-0.39, 0.29) is 18.9 Å². The van der Waals surface area contributed by atoms with Crippen molar-refractivity contribution >= 4 is 0 Å². The van der Waals surface area contributed by atoms with Gasteiger partial charge in [0.25, 0.3) is 0 Å². The Morgan fingerprint density at radius 2 is 1.67 bits per heavy atom. The molecule has 1 aliphatic rings. The fourth-order valence-electron chi connectivity index (χ4n) is 1.90. The molecule has 0 saturated heterocycles. The zero-order valence-electron chi connectivity index (χ0n) is 8.87. The van der Waals surface area contributed by atoms with Crippen LogP contribution in [0.1, 0.15) is 0 Å². The SMILES string of the molecule is COc1[c-]c2c(cc1)-c1ccccc1-2.[Li+]. The molecule has 2 heteroatoms. The van der Waals surface area contributed by atoms with Gasteiger partial charge in [0.2, 0.25) is 0 Å². The number of hydrogen-bond donors (Lipinski definition) is 0. The van der Waals surface area contributed by atoms with Gasteiger partial charge in [-0.15, -0.1) is 28.8 Å². The standard InChI is InChI=1S/C13H9O.Li/c1-14-9-6-7-12-10-4-2-3-5-11(10)13(12)8-9;/h2-7H,1H3;/q-1;+1. The number of ether oxygens (including phenoxy) is 1. The molecule has 0 amide bonds. The fourth-order valence-corrected chi connectivity index (χ4v) is 1.90. The quantitative estimate of drug-likeness (QED) is 0.390. The van der Waals surface area contributed by atoms with E-state index in [1.54, 1.807) is 7.11 Å². The van der Waals surface area contributed by atoms with E-state index >= 15 is 0 Å². The predicted molar refractivity (Wildman–Crippen MR) is 56.3 cm³/mol. The zero-order valence-corrected chi connectivity index (χ0v) is 8.87. The zero-order chi connectivity index (χ0) is 9.54. The van der Waals surface area contributed by atoms with Gasteiger partial charge < -0.3 is 4.74 Å². The third-order valence-corrected chi connectivity index (χ3v) is 2.63. The third-order valence-electron chi connectivity index (χ3n) is 2.63. The van der Waals surface area contributed by atoms with Crippen molar-refractivity contribution in [2.24, 2.45) is 0 Å². The van der Waals surface area contributed by atoms with Crippen molar-refractivity contribution in [3.8, 4) is 28.0 Å². The first kappa shape index (κ1) is 10.4. The molecule has 0 saturated carbocycles. The molecule has 0 unspecified atom stereocenters. The van der Waals surface area contributed by atoms with Gasteiger partial charge in [-0.2, -0.15) is 0 Å².